The third kappa shape index (κ3) is 9.34. The SMILES string of the molecule is CC(C)OC(=O)CNP(NC(C)C(=O)OC(C)C)OCC1CCC(n2ccc(N)nc2=O)O1. The fourth-order valence-corrected chi connectivity index (χ4v) is 4.25. The Labute approximate surface area is 194 Å². The standard InChI is InChI=1S/C20H34N5O7P/c1-12(2)30-18(26)10-22-33(24-14(5)19(27)31-13(3)4)29-11-15-6-7-17(32-15)25-9-8-16(21)23-20(25)28/h8-9,12-15,17,22,24H,6-7,10-11H2,1-5H3,(H2,21,23,28). The fraction of sp³-hybridized carbons (Fsp3) is 0.700. The smallest absolute Gasteiger partial charge is 0.351 e. The normalized spacial score (nSPS) is 20.1. The Kier molecular flexibility index (Phi) is 10.6. The van der Waals surface area contributed by atoms with E-state index in [1.165, 1.54) is 10.6 Å². The van der Waals surface area contributed by atoms with Crippen LogP contribution in [-0.4, -0.2) is 59.0 Å². The molecule has 0 aliphatic carbocycles. The monoisotopic (exact) mass is 487 g/mol. The molecule has 1 aliphatic rings. The van der Waals surface area contributed by atoms with Crippen LogP contribution in [0.1, 0.15) is 53.7 Å². The van der Waals surface area contributed by atoms with E-state index < -0.39 is 38.3 Å². The van der Waals surface area contributed by atoms with Gasteiger partial charge in [0.05, 0.1) is 24.9 Å². The second-order valence-corrected chi connectivity index (χ2v) is 9.55. The molecule has 1 aliphatic heterocycles. The molecule has 0 radical (unpaired) electrons. The van der Waals surface area contributed by atoms with E-state index >= 15 is 0 Å². The van der Waals surface area contributed by atoms with Crippen LogP contribution < -0.4 is 21.6 Å². The number of carbonyl (C=O) groups excluding carboxylic acids is 2. The zero-order valence-electron chi connectivity index (χ0n) is 19.6. The molecule has 1 aromatic heterocycles. The van der Waals surface area contributed by atoms with Gasteiger partial charge in [-0.1, -0.05) is 0 Å². The van der Waals surface area contributed by atoms with Gasteiger partial charge in [-0.05, 0) is 53.5 Å². The van der Waals surface area contributed by atoms with Gasteiger partial charge >= 0.3 is 17.6 Å². The largest absolute Gasteiger partial charge is 0.462 e. The van der Waals surface area contributed by atoms with Crippen molar-refractivity contribution in [2.45, 2.75) is 78.0 Å². The number of ether oxygens (including phenoxy) is 3. The van der Waals surface area contributed by atoms with E-state index in [4.69, 9.17) is 24.5 Å². The van der Waals surface area contributed by atoms with Crippen LogP contribution in [0.25, 0.3) is 0 Å². The van der Waals surface area contributed by atoms with Crippen molar-refractivity contribution in [3.05, 3.63) is 22.7 Å². The van der Waals surface area contributed by atoms with Crippen molar-refractivity contribution in [2.24, 2.45) is 0 Å². The minimum absolute atomic E-state index is 0.0938. The summed E-state index contributed by atoms with van der Waals surface area (Å²) in [4.78, 5) is 39.8. The van der Waals surface area contributed by atoms with Crippen molar-refractivity contribution in [3.63, 3.8) is 0 Å². The number of carbonyl (C=O) groups is 2. The van der Waals surface area contributed by atoms with Gasteiger partial charge in [-0.25, -0.2) is 15.0 Å². The quantitative estimate of drug-likeness (QED) is 0.288. The fourth-order valence-electron chi connectivity index (χ4n) is 2.95. The Morgan fingerprint density at radius 3 is 2.58 bits per heavy atom. The van der Waals surface area contributed by atoms with Gasteiger partial charge < -0.3 is 24.5 Å². The molecule has 0 saturated carbocycles. The van der Waals surface area contributed by atoms with E-state index in [0.717, 1.165) is 0 Å². The first-order valence-electron chi connectivity index (χ1n) is 10.9. The van der Waals surface area contributed by atoms with Gasteiger partial charge in [-0.15, -0.1) is 0 Å². The Morgan fingerprint density at radius 2 is 1.94 bits per heavy atom. The lowest BCUT2D eigenvalue weighted by Gasteiger charge is -2.24. The summed E-state index contributed by atoms with van der Waals surface area (Å²) in [5.74, 6) is -0.717. The van der Waals surface area contributed by atoms with Crippen LogP contribution in [0.3, 0.4) is 0 Å². The highest BCUT2D eigenvalue weighted by Crippen LogP contribution is 2.32. The highest BCUT2D eigenvalue weighted by atomic mass is 31.2. The average molecular weight is 487 g/mol. The molecule has 186 valence electrons. The van der Waals surface area contributed by atoms with Crippen LogP contribution in [0.15, 0.2) is 17.1 Å². The van der Waals surface area contributed by atoms with Crippen LogP contribution in [0.4, 0.5) is 5.82 Å². The van der Waals surface area contributed by atoms with Crippen LogP contribution in [0.2, 0.25) is 0 Å². The molecule has 1 aromatic rings. The first-order valence-corrected chi connectivity index (χ1v) is 12.1. The lowest BCUT2D eigenvalue weighted by atomic mass is 10.2. The van der Waals surface area contributed by atoms with Gasteiger partial charge in [-0.2, -0.15) is 4.98 Å². The Bertz CT molecular complexity index is 850. The van der Waals surface area contributed by atoms with Gasteiger partial charge in [0, 0.05) is 6.20 Å². The first-order chi connectivity index (χ1) is 15.5. The number of esters is 2. The van der Waals surface area contributed by atoms with Crippen molar-refractivity contribution in [1.29, 1.82) is 0 Å². The zero-order valence-corrected chi connectivity index (χ0v) is 20.5. The predicted octanol–water partition coefficient (Wildman–Crippen LogP) is 1.22. The number of nitrogen functional groups attached to an aromatic ring is 1. The summed E-state index contributed by atoms with van der Waals surface area (Å²) in [5.41, 5.74) is 5.06. The van der Waals surface area contributed by atoms with Crippen LogP contribution in [0, 0.1) is 0 Å². The summed E-state index contributed by atoms with van der Waals surface area (Å²) in [6.45, 7) is 8.79. The maximum absolute atomic E-state index is 12.2. The molecule has 0 amide bonds. The van der Waals surface area contributed by atoms with E-state index in [1.807, 2.05) is 0 Å². The zero-order chi connectivity index (χ0) is 24.5. The van der Waals surface area contributed by atoms with Crippen LogP contribution in [0.5, 0.6) is 0 Å². The Morgan fingerprint density at radius 1 is 1.24 bits per heavy atom. The Hall–Kier alpha value is -2.11. The second kappa shape index (κ2) is 13.0. The molecule has 4 N–H and O–H groups in total. The number of nitrogens with zero attached hydrogens (tertiary/aromatic N) is 2. The predicted molar refractivity (Wildman–Crippen MR) is 122 cm³/mol. The summed E-state index contributed by atoms with van der Waals surface area (Å²) in [5, 5.41) is 5.99. The number of anilines is 1. The molecule has 2 rings (SSSR count). The van der Waals surface area contributed by atoms with Gasteiger partial charge in [0.1, 0.15) is 24.6 Å². The number of rotatable bonds is 12. The molecule has 2 heterocycles. The van der Waals surface area contributed by atoms with Crippen molar-refractivity contribution in [1.82, 2.24) is 19.7 Å². The summed E-state index contributed by atoms with van der Waals surface area (Å²) in [7, 11) is -1.59. The van der Waals surface area contributed by atoms with Crippen molar-refractivity contribution < 1.29 is 28.3 Å². The van der Waals surface area contributed by atoms with E-state index in [0.29, 0.717) is 12.8 Å². The molecule has 1 fully saturated rings. The van der Waals surface area contributed by atoms with Crippen LogP contribution in [-0.2, 0) is 28.3 Å². The molecule has 4 unspecified atom stereocenters. The minimum Gasteiger partial charge on any atom is -0.462 e. The lowest BCUT2D eigenvalue weighted by molar-refractivity contribution is -0.149. The third-order valence-corrected chi connectivity index (χ3v) is 5.86. The third-order valence-electron chi connectivity index (χ3n) is 4.39. The van der Waals surface area contributed by atoms with Gasteiger partial charge in [-0.3, -0.25) is 14.2 Å². The van der Waals surface area contributed by atoms with Gasteiger partial charge in [0.2, 0.25) is 0 Å². The van der Waals surface area contributed by atoms with E-state index in [-0.39, 0.29) is 37.3 Å². The number of nitrogens with two attached hydrogens (primary N) is 1. The van der Waals surface area contributed by atoms with E-state index in [2.05, 4.69) is 15.2 Å². The number of nitrogens with one attached hydrogen (secondary N) is 2. The lowest BCUT2D eigenvalue weighted by Crippen LogP contribution is -2.38. The van der Waals surface area contributed by atoms with Crippen molar-refractivity contribution >= 4 is 26.2 Å². The highest BCUT2D eigenvalue weighted by molar-refractivity contribution is 7.48. The number of hydrogen-bond donors (Lipinski definition) is 3. The van der Waals surface area contributed by atoms with Crippen molar-refractivity contribution in [2.75, 3.05) is 18.9 Å². The average Bonchev–Trinajstić information content (AvgIpc) is 3.17. The molecule has 0 bridgehead atoms. The molecular weight excluding hydrogens is 453 g/mol. The maximum atomic E-state index is 12.2. The maximum Gasteiger partial charge on any atom is 0.351 e. The highest BCUT2D eigenvalue weighted by Gasteiger charge is 2.29. The van der Waals surface area contributed by atoms with Crippen LogP contribution >= 0.6 is 8.45 Å². The summed E-state index contributed by atoms with van der Waals surface area (Å²) in [6.07, 6.45) is 1.58. The summed E-state index contributed by atoms with van der Waals surface area (Å²) < 4.78 is 23.6. The van der Waals surface area contributed by atoms with Gasteiger partial charge in [0.15, 0.2) is 8.45 Å². The van der Waals surface area contributed by atoms with E-state index in [1.54, 1.807) is 40.8 Å². The molecular formula is C20H34N5O7P. The molecule has 12 nitrogen and oxygen atoms in total. The molecule has 4 atom stereocenters. The molecule has 0 aromatic carbocycles. The molecule has 33 heavy (non-hydrogen) atoms. The van der Waals surface area contributed by atoms with Gasteiger partial charge in [0.25, 0.3) is 0 Å². The first kappa shape index (κ1) is 27.1. The number of hydrogen-bond acceptors (Lipinski definition) is 11. The summed E-state index contributed by atoms with van der Waals surface area (Å²) in [6, 6.07) is 0.874. The second-order valence-electron chi connectivity index (χ2n) is 8.13. The van der Waals surface area contributed by atoms with E-state index in [9.17, 15) is 14.4 Å². The topological polar surface area (TPSA) is 156 Å². The molecule has 1 saturated heterocycles. The van der Waals surface area contributed by atoms with Crippen molar-refractivity contribution in [3.8, 4) is 0 Å². The minimum atomic E-state index is -1.59. The molecule has 13 heteroatoms. The summed E-state index contributed by atoms with van der Waals surface area (Å²) >= 11 is 0. The Balaban J connectivity index is 1.93. The number of aromatic nitrogens is 2. The molecule has 0 spiro atoms.